The third kappa shape index (κ3) is 3.95. The van der Waals surface area contributed by atoms with Gasteiger partial charge in [-0.3, -0.25) is 4.79 Å². The highest BCUT2D eigenvalue weighted by atomic mass is 16.5. The molecule has 1 heterocycles. The van der Waals surface area contributed by atoms with E-state index >= 15 is 0 Å². The minimum absolute atomic E-state index is 0.248. The van der Waals surface area contributed by atoms with Crippen LogP contribution in [0.3, 0.4) is 0 Å². The summed E-state index contributed by atoms with van der Waals surface area (Å²) in [6, 6.07) is 12.2. The van der Waals surface area contributed by atoms with Crippen LogP contribution in [0.1, 0.15) is 22.7 Å². The van der Waals surface area contributed by atoms with Gasteiger partial charge in [0.15, 0.2) is 0 Å². The van der Waals surface area contributed by atoms with E-state index in [4.69, 9.17) is 4.74 Å². The largest absolute Gasteiger partial charge is 0.497 e. The summed E-state index contributed by atoms with van der Waals surface area (Å²) in [5.74, 6) is -0.189. The Hall–Kier alpha value is -3.28. The average Bonchev–Trinajstić information content (AvgIpc) is 2.61. The van der Waals surface area contributed by atoms with Gasteiger partial charge in [-0.05, 0) is 49.2 Å². The van der Waals surface area contributed by atoms with E-state index in [-0.39, 0.29) is 11.9 Å². The number of anilines is 1. The van der Waals surface area contributed by atoms with Crippen molar-refractivity contribution in [2.24, 2.45) is 5.92 Å². The van der Waals surface area contributed by atoms with Gasteiger partial charge < -0.3 is 20.7 Å². The molecule has 2 aromatic rings. The quantitative estimate of drug-likeness (QED) is 0.777. The van der Waals surface area contributed by atoms with Crippen molar-refractivity contribution in [1.82, 2.24) is 10.6 Å². The minimum Gasteiger partial charge on any atom is -0.497 e. The van der Waals surface area contributed by atoms with Crippen molar-refractivity contribution in [2.75, 3.05) is 12.4 Å². The summed E-state index contributed by atoms with van der Waals surface area (Å²) < 4.78 is 5.13. The molecule has 1 fully saturated rings. The number of nitrogens with one attached hydrogen (secondary N) is 3. The fourth-order valence-corrected chi connectivity index (χ4v) is 3.32. The zero-order chi connectivity index (χ0) is 19.6. The number of benzene rings is 2. The summed E-state index contributed by atoms with van der Waals surface area (Å²) in [6.07, 6.45) is 0. The topological polar surface area (TPSA) is 79.5 Å². The van der Waals surface area contributed by atoms with Gasteiger partial charge in [-0.1, -0.05) is 30.3 Å². The van der Waals surface area contributed by atoms with Crippen molar-refractivity contribution >= 4 is 17.6 Å². The van der Waals surface area contributed by atoms with Crippen LogP contribution in [-0.2, 0) is 4.79 Å². The van der Waals surface area contributed by atoms with Gasteiger partial charge in [0, 0.05) is 11.4 Å². The highest BCUT2D eigenvalue weighted by Crippen LogP contribution is 2.32. The molecule has 27 heavy (non-hydrogen) atoms. The number of methoxy groups -OCH3 is 1. The van der Waals surface area contributed by atoms with E-state index in [1.165, 1.54) is 0 Å². The molecule has 2 atom stereocenters. The summed E-state index contributed by atoms with van der Waals surface area (Å²) in [5.41, 5.74) is 4.04. The number of urea groups is 1. The van der Waals surface area contributed by atoms with Crippen molar-refractivity contribution in [1.29, 1.82) is 0 Å². The number of hydrogen-bond acceptors (Lipinski definition) is 3. The summed E-state index contributed by atoms with van der Waals surface area (Å²) >= 11 is 0. The zero-order valence-corrected chi connectivity index (χ0v) is 15.6. The molecule has 0 saturated carbocycles. The fourth-order valence-electron chi connectivity index (χ4n) is 3.32. The normalized spacial score (nSPS) is 19.1. The zero-order valence-electron chi connectivity index (χ0n) is 15.6. The number of ether oxygens (including phenoxy) is 1. The molecule has 0 bridgehead atoms. The standard InChI is InChI=1S/C21H23N3O3/c1-12-5-10-17(13(2)11-12)19-18(14(3)22-21(26)24-19)20(25)23-15-6-8-16(27-4)9-7-15/h5-11,18-19H,3H2,1-2,4H3,(H,23,25)(H2,22,24,26)/t18-,19+/m1/s1. The van der Waals surface area contributed by atoms with Gasteiger partial charge in [-0.15, -0.1) is 0 Å². The first kappa shape index (κ1) is 18.5. The van der Waals surface area contributed by atoms with E-state index in [1.54, 1.807) is 31.4 Å². The number of amides is 3. The lowest BCUT2D eigenvalue weighted by molar-refractivity contribution is -0.119. The molecule has 6 nitrogen and oxygen atoms in total. The number of carbonyl (C=O) groups excluding carboxylic acids is 2. The maximum Gasteiger partial charge on any atom is 0.319 e. The highest BCUT2D eigenvalue weighted by molar-refractivity contribution is 5.97. The third-order valence-electron chi connectivity index (χ3n) is 4.67. The molecule has 0 aliphatic carbocycles. The lowest BCUT2D eigenvalue weighted by Crippen LogP contribution is -2.52. The van der Waals surface area contributed by atoms with Crippen LogP contribution in [0.5, 0.6) is 5.75 Å². The van der Waals surface area contributed by atoms with E-state index in [9.17, 15) is 9.59 Å². The molecule has 0 spiro atoms. The second kappa shape index (κ2) is 7.53. The number of rotatable bonds is 4. The van der Waals surface area contributed by atoms with Gasteiger partial charge in [-0.25, -0.2) is 4.79 Å². The molecule has 3 amide bonds. The second-order valence-electron chi connectivity index (χ2n) is 6.66. The molecular formula is C21H23N3O3. The molecule has 0 aromatic heterocycles. The van der Waals surface area contributed by atoms with Crippen LogP contribution < -0.4 is 20.7 Å². The molecule has 3 N–H and O–H groups in total. The molecule has 140 valence electrons. The molecular weight excluding hydrogens is 342 g/mol. The van der Waals surface area contributed by atoms with Gasteiger partial charge >= 0.3 is 6.03 Å². The molecule has 0 radical (unpaired) electrons. The highest BCUT2D eigenvalue weighted by Gasteiger charge is 2.38. The maximum absolute atomic E-state index is 13.0. The maximum atomic E-state index is 13.0. The SMILES string of the molecule is C=C1NC(=O)N[C@@H](c2ccc(C)cc2C)[C@@H]1C(=O)Nc1ccc(OC)cc1. The van der Waals surface area contributed by atoms with Crippen LogP contribution in [-0.4, -0.2) is 19.0 Å². The molecule has 1 aliphatic heterocycles. The second-order valence-corrected chi connectivity index (χ2v) is 6.66. The molecule has 0 unspecified atom stereocenters. The molecule has 2 aromatic carbocycles. The van der Waals surface area contributed by atoms with E-state index in [1.807, 2.05) is 32.0 Å². The molecule has 1 saturated heterocycles. The van der Waals surface area contributed by atoms with Crippen LogP contribution in [0.2, 0.25) is 0 Å². The Bertz CT molecular complexity index is 890. The Kier molecular flexibility index (Phi) is 5.16. The predicted octanol–water partition coefficient (Wildman–Crippen LogP) is 3.43. The number of carbonyl (C=O) groups is 2. The predicted molar refractivity (Wildman–Crippen MR) is 105 cm³/mol. The lowest BCUT2D eigenvalue weighted by atomic mass is 9.85. The van der Waals surface area contributed by atoms with Crippen molar-refractivity contribution < 1.29 is 14.3 Å². The van der Waals surface area contributed by atoms with Crippen molar-refractivity contribution in [2.45, 2.75) is 19.9 Å². The summed E-state index contributed by atoms with van der Waals surface area (Å²) in [6.45, 7) is 7.88. The first-order chi connectivity index (χ1) is 12.9. The smallest absolute Gasteiger partial charge is 0.319 e. The Morgan fingerprint density at radius 3 is 2.48 bits per heavy atom. The Morgan fingerprint density at radius 2 is 1.85 bits per heavy atom. The van der Waals surface area contributed by atoms with Crippen LogP contribution in [0.4, 0.5) is 10.5 Å². The van der Waals surface area contributed by atoms with Crippen molar-refractivity contribution in [3.05, 3.63) is 71.4 Å². The van der Waals surface area contributed by atoms with Gasteiger partial charge in [0.25, 0.3) is 0 Å². The third-order valence-corrected chi connectivity index (χ3v) is 4.67. The van der Waals surface area contributed by atoms with Crippen LogP contribution in [0.25, 0.3) is 0 Å². The van der Waals surface area contributed by atoms with Crippen molar-refractivity contribution in [3.63, 3.8) is 0 Å². The Balaban J connectivity index is 1.89. The van der Waals surface area contributed by atoms with Crippen LogP contribution >= 0.6 is 0 Å². The van der Waals surface area contributed by atoms with Crippen molar-refractivity contribution in [3.8, 4) is 5.75 Å². The molecule has 3 rings (SSSR count). The monoisotopic (exact) mass is 365 g/mol. The fraction of sp³-hybridized carbons (Fsp3) is 0.238. The lowest BCUT2D eigenvalue weighted by Gasteiger charge is -2.34. The van der Waals surface area contributed by atoms with Gasteiger partial charge in [0.2, 0.25) is 5.91 Å². The Morgan fingerprint density at radius 1 is 1.15 bits per heavy atom. The van der Waals surface area contributed by atoms with E-state index < -0.39 is 12.0 Å². The molecule has 1 aliphatic rings. The summed E-state index contributed by atoms with van der Waals surface area (Å²) in [4.78, 5) is 25.0. The van der Waals surface area contributed by atoms with Gasteiger partial charge in [-0.2, -0.15) is 0 Å². The average molecular weight is 365 g/mol. The molecule has 6 heteroatoms. The van der Waals surface area contributed by atoms with Crippen LogP contribution in [0.15, 0.2) is 54.7 Å². The van der Waals surface area contributed by atoms with Crippen LogP contribution in [0, 0.1) is 19.8 Å². The minimum atomic E-state index is -0.647. The summed E-state index contributed by atoms with van der Waals surface area (Å²) in [5, 5.41) is 8.38. The number of hydrogen-bond donors (Lipinski definition) is 3. The Labute approximate surface area is 158 Å². The van der Waals surface area contributed by atoms with E-state index in [0.717, 1.165) is 16.7 Å². The van der Waals surface area contributed by atoms with Gasteiger partial charge in [0.05, 0.1) is 13.2 Å². The van der Waals surface area contributed by atoms with Gasteiger partial charge in [0.1, 0.15) is 11.7 Å². The number of aryl methyl sites for hydroxylation is 2. The first-order valence-electron chi connectivity index (χ1n) is 8.67. The summed E-state index contributed by atoms with van der Waals surface area (Å²) in [7, 11) is 1.59. The van der Waals surface area contributed by atoms with E-state index in [2.05, 4.69) is 22.5 Å². The first-order valence-corrected chi connectivity index (χ1v) is 8.67. The van der Waals surface area contributed by atoms with E-state index in [0.29, 0.717) is 17.1 Å².